The molecule has 1 unspecified atom stereocenters. The lowest BCUT2D eigenvalue weighted by molar-refractivity contribution is 0.0203. The summed E-state index contributed by atoms with van der Waals surface area (Å²) in [6.45, 7) is 17.9. The van der Waals surface area contributed by atoms with Gasteiger partial charge in [-0.2, -0.15) is 0 Å². The summed E-state index contributed by atoms with van der Waals surface area (Å²) in [5, 5.41) is 0.173. The predicted molar refractivity (Wildman–Crippen MR) is 89.0 cm³/mol. The van der Waals surface area contributed by atoms with Crippen LogP contribution in [0.5, 0.6) is 0 Å². The number of carbonyl (C=O) groups is 1. The van der Waals surface area contributed by atoms with Crippen LogP contribution < -0.4 is 0 Å². The van der Waals surface area contributed by atoms with E-state index in [0.717, 1.165) is 0 Å². The molecule has 0 fully saturated rings. The number of hydrogen-bond acceptors (Lipinski definition) is 3. The minimum atomic E-state index is -1.80. The SMILES string of the molecule is CC(C)(C)OC(=O)N1CC=CC1CO[Si](C)(C)C(C)(C)C. The molecule has 4 nitrogen and oxygen atoms in total. The fourth-order valence-corrected chi connectivity index (χ4v) is 2.78. The topological polar surface area (TPSA) is 38.8 Å². The van der Waals surface area contributed by atoms with Crippen molar-refractivity contribution in [2.75, 3.05) is 13.2 Å². The molecule has 1 atom stereocenters. The Hall–Kier alpha value is -0.813. The largest absolute Gasteiger partial charge is 0.444 e. The van der Waals surface area contributed by atoms with Gasteiger partial charge in [-0.3, -0.25) is 4.90 Å². The first kappa shape index (κ1) is 18.2. The lowest BCUT2D eigenvalue weighted by atomic mass is 10.2. The molecule has 1 aliphatic rings. The van der Waals surface area contributed by atoms with Crippen molar-refractivity contribution in [1.29, 1.82) is 0 Å². The van der Waals surface area contributed by atoms with Crippen LogP contribution in [0.25, 0.3) is 0 Å². The van der Waals surface area contributed by atoms with Gasteiger partial charge in [-0.15, -0.1) is 0 Å². The average molecular weight is 314 g/mol. The molecule has 0 saturated carbocycles. The molecule has 0 radical (unpaired) electrons. The van der Waals surface area contributed by atoms with Gasteiger partial charge >= 0.3 is 6.09 Å². The predicted octanol–water partition coefficient (Wildman–Crippen LogP) is 4.18. The van der Waals surface area contributed by atoms with Crippen molar-refractivity contribution in [1.82, 2.24) is 4.90 Å². The first-order valence-electron chi connectivity index (χ1n) is 7.64. The maximum atomic E-state index is 12.2. The Labute approximate surface area is 130 Å². The molecule has 0 bridgehead atoms. The number of rotatable bonds is 3. The van der Waals surface area contributed by atoms with E-state index >= 15 is 0 Å². The van der Waals surface area contributed by atoms with E-state index in [0.29, 0.717) is 13.2 Å². The number of nitrogens with zero attached hydrogens (tertiary/aromatic N) is 1. The van der Waals surface area contributed by atoms with E-state index < -0.39 is 13.9 Å². The minimum absolute atomic E-state index is 0.0195. The quantitative estimate of drug-likeness (QED) is 0.579. The van der Waals surface area contributed by atoms with Gasteiger partial charge < -0.3 is 9.16 Å². The summed E-state index contributed by atoms with van der Waals surface area (Å²) in [6, 6.07) is -0.0195. The summed E-state index contributed by atoms with van der Waals surface area (Å²) in [5.74, 6) is 0. The second-order valence-corrected chi connectivity index (χ2v) is 13.0. The Morgan fingerprint density at radius 3 is 2.29 bits per heavy atom. The van der Waals surface area contributed by atoms with Crippen LogP contribution in [-0.2, 0) is 9.16 Å². The summed E-state index contributed by atoms with van der Waals surface area (Å²) < 4.78 is 11.7. The van der Waals surface area contributed by atoms with E-state index in [-0.39, 0.29) is 17.2 Å². The Balaban J connectivity index is 2.63. The van der Waals surface area contributed by atoms with Crippen LogP contribution in [0.1, 0.15) is 41.5 Å². The number of ether oxygens (including phenoxy) is 1. The van der Waals surface area contributed by atoms with Crippen LogP contribution in [0, 0.1) is 0 Å². The normalized spacial score (nSPS) is 20.0. The minimum Gasteiger partial charge on any atom is -0.444 e. The number of carbonyl (C=O) groups excluding carboxylic acids is 1. The Morgan fingerprint density at radius 2 is 1.81 bits per heavy atom. The van der Waals surface area contributed by atoms with Crippen molar-refractivity contribution in [3.8, 4) is 0 Å². The highest BCUT2D eigenvalue weighted by atomic mass is 28.4. The van der Waals surface area contributed by atoms with E-state index in [1.54, 1.807) is 4.90 Å². The molecule has 0 spiro atoms. The van der Waals surface area contributed by atoms with Gasteiger partial charge in [0.1, 0.15) is 5.60 Å². The summed E-state index contributed by atoms with van der Waals surface area (Å²) >= 11 is 0. The van der Waals surface area contributed by atoms with Gasteiger partial charge in [0.25, 0.3) is 0 Å². The molecule has 0 aromatic rings. The highest BCUT2D eigenvalue weighted by Crippen LogP contribution is 2.36. The van der Waals surface area contributed by atoms with Gasteiger partial charge in [0.15, 0.2) is 8.32 Å². The van der Waals surface area contributed by atoms with E-state index in [9.17, 15) is 4.79 Å². The molecule has 122 valence electrons. The van der Waals surface area contributed by atoms with Gasteiger partial charge in [-0.25, -0.2) is 4.79 Å². The highest BCUT2D eigenvalue weighted by molar-refractivity contribution is 6.74. The van der Waals surface area contributed by atoms with Crippen LogP contribution in [0.4, 0.5) is 4.79 Å². The van der Waals surface area contributed by atoms with Crippen LogP contribution in [0.2, 0.25) is 18.1 Å². The maximum Gasteiger partial charge on any atom is 0.411 e. The van der Waals surface area contributed by atoms with Crippen molar-refractivity contribution >= 4 is 14.4 Å². The van der Waals surface area contributed by atoms with Gasteiger partial charge in [-0.1, -0.05) is 32.9 Å². The number of hydrogen-bond donors (Lipinski definition) is 0. The molecule has 21 heavy (non-hydrogen) atoms. The average Bonchev–Trinajstić information content (AvgIpc) is 2.70. The third-order valence-electron chi connectivity index (χ3n) is 4.11. The van der Waals surface area contributed by atoms with Gasteiger partial charge in [-0.05, 0) is 38.9 Å². The maximum absolute atomic E-state index is 12.2. The lowest BCUT2D eigenvalue weighted by Gasteiger charge is -2.38. The van der Waals surface area contributed by atoms with Gasteiger partial charge in [0.2, 0.25) is 0 Å². The first-order valence-corrected chi connectivity index (χ1v) is 10.5. The molecule has 5 heteroatoms. The standard InChI is InChI=1S/C16H31NO3Si/c1-15(2,3)20-14(18)17-11-9-10-13(17)12-19-21(7,8)16(4,5)6/h9-10,13H,11-12H2,1-8H3. The third-order valence-corrected chi connectivity index (χ3v) is 8.61. The molecule has 1 amide bonds. The molecule has 1 aliphatic heterocycles. The van der Waals surface area contributed by atoms with Gasteiger partial charge in [0.05, 0.1) is 12.6 Å². The summed E-state index contributed by atoms with van der Waals surface area (Å²) in [6.07, 6.45) is 3.78. The van der Waals surface area contributed by atoms with E-state index in [1.807, 2.05) is 32.9 Å². The van der Waals surface area contributed by atoms with Crippen LogP contribution in [0.3, 0.4) is 0 Å². The van der Waals surface area contributed by atoms with Crippen molar-refractivity contribution in [2.45, 2.75) is 71.3 Å². The van der Waals surface area contributed by atoms with E-state index in [2.05, 4.69) is 33.9 Å². The molecule has 0 N–H and O–H groups in total. The molecule has 0 aromatic heterocycles. The molecular weight excluding hydrogens is 282 g/mol. The summed E-state index contributed by atoms with van der Waals surface area (Å²) in [4.78, 5) is 13.9. The molecule has 1 heterocycles. The molecule has 1 rings (SSSR count). The van der Waals surface area contributed by atoms with Crippen LogP contribution in [0.15, 0.2) is 12.2 Å². The summed E-state index contributed by atoms with van der Waals surface area (Å²) in [5.41, 5.74) is -0.468. The summed E-state index contributed by atoms with van der Waals surface area (Å²) in [7, 11) is -1.80. The Bertz CT molecular complexity index is 405. The lowest BCUT2D eigenvalue weighted by Crippen LogP contribution is -2.47. The number of amides is 1. The smallest absolute Gasteiger partial charge is 0.411 e. The van der Waals surface area contributed by atoms with Crippen molar-refractivity contribution in [3.05, 3.63) is 12.2 Å². The molecule has 0 aliphatic carbocycles. The van der Waals surface area contributed by atoms with Crippen LogP contribution in [-0.4, -0.2) is 44.1 Å². The van der Waals surface area contributed by atoms with Crippen LogP contribution >= 0.6 is 0 Å². The Kier molecular flexibility index (Phi) is 5.32. The zero-order valence-corrected chi connectivity index (χ0v) is 15.8. The zero-order valence-electron chi connectivity index (χ0n) is 14.8. The molecule has 0 saturated heterocycles. The monoisotopic (exact) mass is 313 g/mol. The van der Waals surface area contributed by atoms with Crippen molar-refractivity contribution in [2.24, 2.45) is 0 Å². The van der Waals surface area contributed by atoms with Crippen molar-refractivity contribution in [3.63, 3.8) is 0 Å². The highest BCUT2D eigenvalue weighted by Gasteiger charge is 2.38. The second-order valence-electron chi connectivity index (χ2n) is 8.20. The molecule has 0 aromatic carbocycles. The second kappa shape index (κ2) is 6.13. The third kappa shape index (κ3) is 5.15. The Morgan fingerprint density at radius 1 is 1.24 bits per heavy atom. The first-order chi connectivity index (χ1) is 9.33. The van der Waals surface area contributed by atoms with E-state index in [1.165, 1.54) is 0 Å². The molecular formula is C16H31NO3Si. The van der Waals surface area contributed by atoms with Crippen molar-refractivity contribution < 1.29 is 14.0 Å². The fraction of sp³-hybridized carbons (Fsp3) is 0.812. The van der Waals surface area contributed by atoms with Gasteiger partial charge in [0, 0.05) is 6.54 Å². The fourth-order valence-electron chi connectivity index (χ4n) is 1.76. The van der Waals surface area contributed by atoms with E-state index in [4.69, 9.17) is 9.16 Å². The zero-order chi connectivity index (χ0) is 16.5.